The van der Waals surface area contributed by atoms with E-state index >= 15 is 0 Å². The number of allylic oxidation sites excluding steroid dienone is 2. The fraction of sp³-hybridized carbons (Fsp3) is 0.926. The molecule has 0 aliphatic rings. The van der Waals surface area contributed by atoms with Crippen LogP contribution in [0.5, 0.6) is 0 Å². The summed E-state index contributed by atoms with van der Waals surface area (Å²) in [6, 6.07) is 0. The zero-order valence-corrected chi connectivity index (χ0v) is 21.3. The molecule has 28 heavy (non-hydrogen) atoms. The van der Waals surface area contributed by atoms with E-state index in [1.54, 1.807) is 0 Å². The molecule has 1 nitrogen and oxygen atoms in total. The fourth-order valence-electron chi connectivity index (χ4n) is 5.46. The van der Waals surface area contributed by atoms with Gasteiger partial charge in [-0.1, -0.05) is 107 Å². The van der Waals surface area contributed by atoms with Gasteiger partial charge in [0.25, 0.3) is 0 Å². The molecule has 0 heterocycles. The monoisotopic (exact) mass is 393 g/mol. The Kier molecular flexibility index (Phi) is 13.7. The normalized spacial score (nSPS) is 17.4. The lowest BCUT2D eigenvalue weighted by Gasteiger charge is -2.54. The number of hydrogen-bond acceptors (Lipinski definition) is 1. The third-order valence-corrected chi connectivity index (χ3v) is 7.99. The average Bonchev–Trinajstić information content (AvgIpc) is 2.67. The predicted octanol–water partition coefficient (Wildman–Crippen LogP) is 8.50. The Balaban J connectivity index is 6.26. The minimum atomic E-state index is 0.344. The van der Waals surface area contributed by atoms with E-state index < -0.39 is 0 Å². The van der Waals surface area contributed by atoms with Gasteiger partial charge in [0.15, 0.2) is 0 Å². The van der Waals surface area contributed by atoms with Crippen molar-refractivity contribution in [2.45, 2.75) is 114 Å². The van der Waals surface area contributed by atoms with Gasteiger partial charge < -0.3 is 5.32 Å². The summed E-state index contributed by atoms with van der Waals surface area (Å²) in [6.45, 7) is 23.0. The van der Waals surface area contributed by atoms with E-state index in [-0.39, 0.29) is 0 Å². The van der Waals surface area contributed by atoms with Crippen molar-refractivity contribution >= 4 is 0 Å². The lowest BCUT2D eigenvalue weighted by Crippen LogP contribution is -2.51. The van der Waals surface area contributed by atoms with Gasteiger partial charge in [0.1, 0.15) is 0 Å². The molecule has 0 fully saturated rings. The Bertz CT molecular complexity index is 404. The number of rotatable bonds is 16. The topological polar surface area (TPSA) is 12.0 Å². The van der Waals surface area contributed by atoms with E-state index in [9.17, 15) is 0 Å². The Hall–Kier alpha value is -0.300. The van der Waals surface area contributed by atoms with Gasteiger partial charge in [0.2, 0.25) is 0 Å². The maximum atomic E-state index is 3.66. The largest absolute Gasteiger partial charge is 0.319 e. The molecule has 0 spiro atoms. The Labute approximate surface area is 179 Å². The van der Waals surface area contributed by atoms with Crippen LogP contribution in [0, 0.1) is 34.5 Å². The molecule has 3 atom stereocenters. The molecule has 0 rings (SSSR count). The van der Waals surface area contributed by atoms with Crippen molar-refractivity contribution in [3.63, 3.8) is 0 Å². The van der Waals surface area contributed by atoms with Gasteiger partial charge in [-0.05, 0) is 60.8 Å². The van der Waals surface area contributed by atoms with Gasteiger partial charge in [0.05, 0.1) is 0 Å². The van der Waals surface area contributed by atoms with Gasteiger partial charge in [0, 0.05) is 6.54 Å². The molecule has 1 N–H and O–H groups in total. The number of nitrogens with one attached hydrogen (secondary N) is 1. The average molecular weight is 394 g/mol. The molecule has 1 heteroatoms. The van der Waals surface area contributed by atoms with Crippen molar-refractivity contribution in [1.29, 1.82) is 0 Å². The molecule has 0 saturated carbocycles. The molecule has 0 amide bonds. The van der Waals surface area contributed by atoms with Crippen molar-refractivity contribution in [1.82, 2.24) is 5.32 Å². The third-order valence-electron chi connectivity index (χ3n) is 7.99. The first kappa shape index (κ1) is 27.7. The van der Waals surface area contributed by atoms with Crippen molar-refractivity contribution in [2.24, 2.45) is 34.5 Å². The fourth-order valence-corrected chi connectivity index (χ4v) is 5.46. The summed E-state index contributed by atoms with van der Waals surface area (Å²) in [6.07, 6.45) is 15.4. The van der Waals surface area contributed by atoms with Crippen molar-refractivity contribution < 1.29 is 0 Å². The van der Waals surface area contributed by atoms with Crippen molar-refractivity contribution in [3.05, 3.63) is 12.2 Å². The summed E-state index contributed by atoms with van der Waals surface area (Å²) in [5.74, 6) is 2.82. The van der Waals surface area contributed by atoms with Crippen molar-refractivity contribution in [2.75, 3.05) is 13.6 Å². The highest BCUT2D eigenvalue weighted by molar-refractivity contribution is 5.02. The molecule has 0 aromatic rings. The highest BCUT2D eigenvalue weighted by Crippen LogP contribution is 2.54. The summed E-state index contributed by atoms with van der Waals surface area (Å²) >= 11 is 0. The van der Waals surface area contributed by atoms with E-state index in [0.29, 0.717) is 28.6 Å². The zero-order chi connectivity index (χ0) is 21.8. The van der Waals surface area contributed by atoms with Crippen LogP contribution in [-0.2, 0) is 0 Å². The van der Waals surface area contributed by atoms with Crippen LogP contribution in [0.4, 0.5) is 0 Å². The van der Waals surface area contributed by atoms with E-state index in [1.165, 1.54) is 44.9 Å². The standard InChI is InChI=1S/C27H55N/c1-11-15-17-19-25(26(9,13-3)14-4)27(21-28-10,23(7)8)20-24(22(5)6)18-16-12-2/h16,18,22-25,28H,11-15,17,19-21H2,1-10H3/b18-16-. The SMILES string of the molecule is CC/C=C\C(CC(CNC)(C(C)C)C(CCCCC)C(C)(CC)CC)C(C)C. The molecular formula is C27H55N. The number of hydrogen-bond donors (Lipinski definition) is 1. The van der Waals surface area contributed by atoms with Crippen LogP contribution in [0.1, 0.15) is 114 Å². The van der Waals surface area contributed by atoms with Gasteiger partial charge in [-0.3, -0.25) is 0 Å². The highest BCUT2D eigenvalue weighted by Gasteiger charge is 2.48. The second kappa shape index (κ2) is 13.8. The van der Waals surface area contributed by atoms with E-state index in [1.807, 2.05) is 0 Å². The Morgan fingerprint density at radius 2 is 1.54 bits per heavy atom. The summed E-state index contributed by atoms with van der Waals surface area (Å²) in [5.41, 5.74) is 0.765. The smallest absolute Gasteiger partial charge is 0.00103 e. The molecular weight excluding hydrogens is 338 g/mol. The predicted molar refractivity (Wildman–Crippen MR) is 130 cm³/mol. The minimum Gasteiger partial charge on any atom is -0.319 e. The highest BCUT2D eigenvalue weighted by atomic mass is 14.8. The molecule has 0 aliphatic carbocycles. The van der Waals surface area contributed by atoms with Crippen LogP contribution in [0.15, 0.2) is 12.2 Å². The second-order valence-corrected chi connectivity index (χ2v) is 10.3. The molecule has 0 bridgehead atoms. The van der Waals surface area contributed by atoms with Crippen LogP contribution >= 0.6 is 0 Å². The summed E-state index contributed by atoms with van der Waals surface area (Å²) in [4.78, 5) is 0. The maximum absolute atomic E-state index is 3.66. The lowest BCUT2D eigenvalue weighted by molar-refractivity contribution is -0.0342. The molecule has 0 aliphatic heterocycles. The molecule has 168 valence electrons. The molecule has 0 aromatic carbocycles. The third kappa shape index (κ3) is 7.51. The lowest BCUT2D eigenvalue weighted by atomic mass is 9.52. The molecule has 0 radical (unpaired) electrons. The second-order valence-electron chi connectivity index (χ2n) is 10.3. The van der Waals surface area contributed by atoms with Gasteiger partial charge in [-0.2, -0.15) is 0 Å². The zero-order valence-electron chi connectivity index (χ0n) is 21.3. The summed E-state index contributed by atoms with van der Waals surface area (Å²) in [5, 5.41) is 3.66. The van der Waals surface area contributed by atoms with E-state index in [4.69, 9.17) is 0 Å². The van der Waals surface area contributed by atoms with Crippen LogP contribution in [0.3, 0.4) is 0 Å². The van der Waals surface area contributed by atoms with Crippen LogP contribution in [-0.4, -0.2) is 13.6 Å². The van der Waals surface area contributed by atoms with Crippen molar-refractivity contribution in [3.8, 4) is 0 Å². The Morgan fingerprint density at radius 1 is 0.929 bits per heavy atom. The molecule has 0 saturated heterocycles. The van der Waals surface area contributed by atoms with Crippen LogP contribution in [0.2, 0.25) is 0 Å². The molecule has 0 aromatic heterocycles. The Morgan fingerprint density at radius 3 is 1.93 bits per heavy atom. The first-order valence-electron chi connectivity index (χ1n) is 12.5. The van der Waals surface area contributed by atoms with E-state index in [2.05, 4.69) is 86.8 Å². The quantitative estimate of drug-likeness (QED) is 0.205. The molecule has 3 unspecified atom stereocenters. The van der Waals surface area contributed by atoms with Gasteiger partial charge in [-0.25, -0.2) is 0 Å². The summed E-state index contributed by atoms with van der Waals surface area (Å²) in [7, 11) is 2.17. The minimum absolute atomic E-state index is 0.344. The first-order chi connectivity index (χ1) is 13.2. The number of unbranched alkanes of at least 4 members (excludes halogenated alkanes) is 2. The van der Waals surface area contributed by atoms with E-state index in [0.717, 1.165) is 18.9 Å². The van der Waals surface area contributed by atoms with Gasteiger partial charge in [-0.15, -0.1) is 0 Å². The van der Waals surface area contributed by atoms with Crippen LogP contribution < -0.4 is 5.32 Å². The van der Waals surface area contributed by atoms with Crippen LogP contribution in [0.25, 0.3) is 0 Å². The maximum Gasteiger partial charge on any atom is 0.00103 e. The van der Waals surface area contributed by atoms with Gasteiger partial charge >= 0.3 is 0 Å². The first-order valence-corrected chi connectivity index (χ1v) is 12.5. The summed E-state index contributed by atoms with van der Waals surface area (Å²) < 4.78 is 0.